The van der Waals surface area contributed by atoms with Gasteiger partial charge in [-0.1, -0.05) is 39.7 Å². The lowest BCUT2D eigenvalue weighted by Crippen LogP contribution is -2.18. The smallest absolute Gasteiger partial charge is 0.127 e. The van der Waals surface area contributed by atoms with Gasteiger partial charge in [-0.05, 0) is 35.9 Å². The van der Waals surface area contributed by atoms with Crippen LogP contribution >= 0.6 is 27.5 Å². The van der Waals surface area contributed by atoms with Gasteiger partial charge in [-0.25, -0.2) is 0 Å². The molecule has 1 unspecified atom stereocenters. The molecule has 1 N–H and O–H groups in total. The number of fused-ring (bicyclic) bond motifs is 1. The summed E-state index contributed by atoms with van der Waals surface area (Å²) in [4.78, 5) is 0. The molecule has 0 radical (unpaired) electrons. The zero-order valence-electron chi connectivity index (χ0n) is 10.0. The van der Waals surface area contributed by atoms with Gasteiger partial charge in [0.2, 0.25) is 0 Å². The van der Waals surface area contributed by atoms with Gasteiger partial charge in [0.05, 0.1) is 6.10 Å². The van der Waals surface area contributed by atoms with Crippen LogP contribution in [-0.4, -0.2) is 5.11 Å². The maximum Gasteiger partial charge on any atom is 0.127 e. The minimum absolute atomic E-state index is 0.128. The van der Waals surface area contributed by atoms with Crippen molar-refractivity contribution in [2.24, 2.45) is 0 Å². The molecule has 2 aromatic carbocycles. The van der Waals surface area contributed by atoms with Crippen LogP contribution in [0.15, 0.2) is 46.9 Å². The Balaban J connectivity index is 1.92. The predicted octanol–water partition coefficient (Wildman–Crippen LogP) is 4.66. The molecule has 0 saturated heterocycles. The quantitative estimate of drug-likeness (QED) is 0.819. The third-order valence-corrected chi connectivity index (χ3v) is 4.04. The third-order valence-electron chi connectivity index (χ3n) is 3.28. The summed E-state index contributed by atoms with van der Waals surface area (Å²) >= 11 is 9.35. The standard InChI is InChI=1S/C15H12BrClO2/c16-10-3-1-9(2-4-10)15-8-13(18)12-7-11(17)5-6-14(12)19-15/h1-7,13,15,18H,8H2/t13-,15?/m0/s1. The fourth-order valence-corrected chi connectivity index (χ4v) is 2.74. The monoisotopic (exact) mass is 338 g/mol. The van der Waals surface area contributed by atoms with Crippen LogP contribution in [0.3, 0.4) is 0 Å². The predicted molar refractivity (Wildman–Crippen MR) is 78.5 cm³/mol. The highest BCUT2D eigenvalue weighted by Gasteiger charge is 2.28. The first-order valence-electron chi connectivity index (χ1n) is 6.03. The van der Waals surface area contributed by atoms with Crippen molar-refractivity contribution in [2.75, 3.05) is 0 Å². The van der Waals surface area contributed by atoms with Crippen LogP contribution in [0.4, 0.5) is 0 Å². The van der Waals surface area contributed by atoms with E-state index in [4.69, 9.17) is 16.3 Å². The van der Waals surface area contributed by atoms with Crippen LogP contribution in [0.25, 0.3) is 0 Å². The lowest BCUT2D eigenvalue weighted by Gasteiger charge is -2.30. The maximum atomic E-state index is 10.2. The average molecular weight is 340 g/mol. The van der Waals surface area contributed by atoms with E-state index in [2.05, 4.69) is 15.9 Å². The Morgan fingerprint density at radius 1 is 1.16 bits per heavy atom. The first-order valence-corrected chi connectivity index (χ1v) is 7.20. The van der Waals surface area contributed by atoms with E-state index in [0.29, 0.717) is 17.2 Å². The van der Waals surface area contributed by atoms with Gasteiger partial charge in [0.15, 0.2) is 0 Å². The highest BCUT2D eigenvalue weighted by atomic mass is 79.9. The van der Waals surface area contributed by atoms with Crippen molar-refractivity contribution in [1.29, 1.82) is 0 Å². The van der Waals surface area contributed by atoms with Gasteiger partial charge >= 0.3 is 0 Å². The molecule has 3 rings (SSSR count). The molecule has 1 aliphatic heterocycles. The molecule has 0 amide bonds. The fraction of sp³-hybridized carbons (Fsp3) is 0.200. The van der Waals surface area contributed by atoms with E-state index in [1.165, 1.54) is 0 Å². The summed E-state index contributed by atoms with van der Waals surface area (Å²) in [6.07, 6.45) is -0.137. The van der Waals surface area contributed by atoms with E-state index in [9.17, 15) is 5.11 Å². The Morgan fingerprint density at radius 2 is 1.89 bits per heavy atom. The molecular formula is C15H12BrClO2. The zero-order chi connectivity index (χ0) is 13.4. The van der Waals surface area contributed by atoms with E-state index >= 15 is 0 Å². The molecule has 19 heavy (non-hydrogen) atoms. The Hall–Kier alpha value is -1.03. The van der Waals surface area contributed by atoms with Crippen LogP contribution in [0.2, 0.25) is 5.02 Å². The van der Waals surface area contributed by atoms with E-state index in [-0.39, 0.29) is 6.10 Å². The number of aliphatic hydroxyl groups is 1. The van der Waals surface area contributed by atoms with Gasteiger partial charge in [-0.15, -0.1) is 0 Å². The molecule has 0 fully saturated rings. The zero-order valence-corrected chi connectivity index (χ0v) is 12.4. The highest BCUT2D eigenvalue weighted by Crippen LogP contribution is 2.41. The summed E-state index contributed by atoms with van der Waals surface area (Å²) in [6.45, 7) is 0. The van der Waals surface area contributed by atoms with Crippen molar-refractivity contribution in [2.45, 2.75) is 18.6 Å². The number of benzene rings is 2. The number of aliphatic hydroxyl groups excluding tert-OH is 1. The molecule has 1 heterocycles. The molecule has 2 nitrogen and oxygen atoms in total. The molecule has 0 aliphatic carbocycles. The van der Waals surface area contributed by atoms with Crippen molar-refractivity contribution in [3.05, 3.63) is 63.1 Å². The van der Waals surface area contributed by atoms with Crippen molar-refractivity contribution >= 4 is 27.5 Å². The van der Waals surface area contributed by atoms with E-state index < -0.39 is 6.10 Å². The van der Waals surface area contributed by atoms with Crippen molar-refractivity contribution in [3.8, 4) is 5.75 Å². The van der Waals surface area contributed by atoms with Gasteiger partial charge in [0.25, 0.3) is 0 Å². The Morgan fingerprint density at radius 3 is 2.63 bits per heavy atom. The molecule has 2 atom stereocenters. The number of ether oxygens (including phenoxy) is 1. The molecule has 98 valence electrons. The normalized spacial score (nSPS) is 21.6. The molecule has 2 aromatic rings. The van der Waals surface area contributed by atoms with Crippen LogP contribution < -0.4 is 4.74 Å². The molecule has 0 saturated carbocycles. The first-order chi connectivity index (χ1) is 9.13. The molecule has 0 aromatic heterocycles. The third kappa shape index (κ3) is 2.64. The molecule has 4 heteroatoms. The van der Waals surface area contributed by atoms with Crippen LogP contribution in [-0.2, 0) is 0 Å². The minimum atomic E-state index is -0.545. The summed E-state index contributed by atoms with van der Waals surface area (Å²) in [7, 11) is 0. The van der Waals surface area contributed by atoms with Gasteiger partial charge in [-0.3, -0.25) is 0 Å². The summed E-state index contributed by atoms with van der Waals surface area (Å²) in [5, 5.41) is 10.8. The largest absolute Gasteiger partial charge is 0.485 e. The maximum absolute atomic E-state index is 10.2. The van der Waals surface area contributed by atoms with Gasteiger partial charge in [-0.2, -0.15) is 0 Å². The Labute approximate surface area is 125 Å². The number of halogens is 2. The van der Waals surface area contributed by atoms with E-state index in [1.807, 2.05) is 30.3 Å². The summed E-state index contributed by atoms with van der Waals surface area (Å²) in [5.74, 6) is 0.705. The fourth-order valence-electron chi connectivity index (χ4n) is 2.30. The highest BCUT2D eigenvalue weighted by molar-refractivity contribution is 9.10. The van der Waals surface area contributed by atoms with Crippen LogP contribution in [0, 0.1) is 0 Å². The number of rotatable bonds is 1. The van der Waals surface area contributed by atoms with Crippen molar-refractivity contribution < 1.29 is 9.84 Å². The second kappa shape index (κ2) is 5.16. The van der Waals surface area contributed by atoms with Gasteiger partial charge < -0.3 is 9.84 Å². The second-order valence-corrected chi connectivity index (χ2v) is 5.94. The Bertz CT molecular complexity index is 598. The van der Waals surface area contributed by atoms with Crippen molar-refractivity contribution in [3.63, 3.8) is 0 Å². The average Bonchev–Trinajstić information content (AvgIpc) is 2.40. The molecule has 0 spiro atoms. The van der Waals surface area contributed by atoms with Gasteiger partial charge in [0, 0.05) is 21.5 Å². The van der Waals surface area contributed by atoms with Crippen LogP contribution in [0.5, 0.6) is 5.75 Å². The number of hydrogen-bond acceptors (Lipinski definition) is 2. The topological polar surface area (TPSA) is 29.5 Å². The molecule has 1 aliphatic rings. The summed E-state index contributed by atoms with van der Waals surface area (Å²) in [5.41, 5.74) is 1.82. The molecular weight excluding hydrogens is 328 g/mol. The lowest BCUT2D eigenvalue weighted by atomic mass is 9.95. The summed E-state index contributed by atoms with van der Waals surface area (Å²) < 4.78 is 6.98. The Kier molecular flexibility index (Phi) is 3.52. The first kappa shape index (κ1) is 13.0. The lowest BCUT2D eigenvalue weighted by molar-refractivity contribution is 0.0657. The minimum Gasteiger partial charge on any atom is -0.485 e. The SMILES string of the molecule is O[C@H]1CC(c2ccc(Br)cc2)Oc2ccc(Cl)cc21. The van der Waals surface area contributed by atoms with Crippen LogP contribution in [0.1, 0.15) is 29.8 Å². The number of hydrogen-bond donors (Lipinski definition) is 1. The summed E-state index contributed by atoms with van der Waals surface area (Å²) in [6, 6.07) is 13.3. The van der Waals surface area contributed by atoms with Crippen molar-refractivity contribution in [1.82, 2.24) is 0 Å². The second-order valence-electron chi connectivity index (χ2n) is 4.59. The van der Waals surface area contributed by atoms with E-state index in [0.717, 1.165) is 15.6 Å². The molecule has 0 bridgehead atoms. The van der Waals surface area contributed by atoms with Gasteiger partial charge in [0.1, 0.15) is 11.9 Å². The van der Waals surface area contributed by atoms with E-state index in [1.54, 1.807) is 12.1 Å².